The highest BCUT2D eigenvalue weighted by atomic mass is 16.5. The van der Waals surface area contributed by atoms with Crippen molar-refractivity contribution in [3.8, 4) is 5.75 Å². The molecule has 8 heteroatoms. The molecule has 0 aliphatic carbocycles. The number of aryl methyl sites for hydroxylation is 1. The van der Waals surface area contributed by atoms with Crippen LogP contribution in [0.4, 0.5) is 5.69 Å². The highest BCUT2D eigenvalue weighted by Crippen LogP contribution is 2.18. The van der Waals surface area contributed by atoms with Gasteiger partial charge in [0.05, 0.1) is 59.5 Å². The Morgan fingerprint density at radius 2 is 1.73 bits per heavy atom. The third-order valence-electron chi connectivity index (χ3n) is 6.24. The van der Waals surface area contributed by atoms with Gasteiger partial charge in [-0.3, -0.25) is 4.79 Å². The summed E-state index contributed by atoms with van der Waals surface area (Å²) in [5.41, 5.74) is 2.23. The van der Waals surface area contributed by atoms with Crippen LogP contribution in [0.1, 0.15) is 11.5 Å². The molecule has 0 unspecified atom stereocenters. The highest BCUT2D eigenvalue weighted by molar-refractivity contribution is 5.77. The number of quaternary nitrogens is 2. The number of ether oxygens (including phenoxy) is 1. The van der Waals surface area contributed by atoms with Crippen molar-refractivity contribution in [2.75, 3.05) is 70.9 Å². The van der Waals surface area contributed by atoms with Gasteiger partial charge in [-0.25, -0.2) is 0 Å². The highest BCUT2D eigenvalue weighted by Gasteiger charge is 2.28. The maximum atomic E-state index is 12.8. The number of rotatable bonds is 6. The van der Waals surface area contributed by atoms with Crippen LogP contribution in [0.3, 0.4) is 0 Å². The Balaban J connectivity index is 1.19. The summed E-state index contributed by atoms with van der Waals surface area (Å²) < 4.78 is 10.4. The van der Waals surface area contributed by atoms with E-state index in [9.17, 15) is 4.79 Å². The molecular formula is C22H33N5O3+2. The zero-order chi connectivity index (χ0) is 20.9. The van der Waals surface area contributed by atoms with E-state index in [1.54, 1.807) is 7.11 Å². The lowest BCUT2D eigenvalue weighted by atomic mass is 10.2. The van der Waals surface area contributed by atoms with E-state index in [0.717, 1.165) is 76.1 Å². The van der Waals surface area contributed by atoms with Crippen molar-refractivity contribution in [3.05, 3.63) is 41.8 Å². The number of aromatic nitrogens is 1. The van der Waals surface area contributed by atoms with Crippen LogP contribution >= 0.6 is 0 Å². The fraction of sp³-hybridized carbons (Fsp3) is 0.545. The number of amides is 1. The smallest absolute Gasteiger partial charge is 0.278 e. The fourth-order valence-corrected chi connectivity index (χ4v) is 4.38. The Kier molecular flexibility index (Phi) is 6.54. The van der Waals surface area contributed by atoms with Crippen LogP contribution in [-0.4, -0.2) is 82.0 Å². The van der Waals surface area contributed by atoms with Gasteiger partial charge in [0.15, 0.2) is 6.54 Å². The maximum absolute atomic E-state index is 12.8. The average Bonchev–Trinajstić information content (AvgIpc) is 3.19. The molecule has 0 saturated carbocycles. The molecule has 2 aromatic rings. The Labute approximate surface area is 178 Å². The molecule has 2 N–H and O–H groups in total. The van der Waals surface area contributed by atoms with Gasteiger partial charge in [-0.1, -0.05) is 5.16 Å². The molecule has 8 nitrogen and oxygen atoms in total. The number of nitrogens with one attached hydrogen (secondary N) is 2. The van der Waals surface area contributed by atoms with Crippen LogP contribution in [0.25, 0.3) is 0 Å². The fourth-order valence-electron chi connectivity index (χ4n) is 4.38. The summed E-state index contributed by atoms with van der Waals surface area (Å²) in [6.45, 7) is 10.9. The van der Waals surface area contributed by atoms with Gasteiger partial charge in [-0.15, -0.1) is 0 Å². The summed E-state index contributed by atoms with van der Waals surface area (Å²) in [5.74, 6) is 2.03. The molecule has 2 saturated heterocycles. The molecule has 1 aromatic heterocycles. The Morgan fingerprint density at radius 1 is 1.07 bits per heavy atom. The molecule has 0 spiro atoms. The third-order valence-corrected chi connectivity index (χ3v) is 6.24. The summed E-state index contributed by atoms with van der Waals surface area (Å²) in [4.78, 5) is 20.1. The SMILES string of the molecule is COc1ccc(N2CC[NH+](CC(=O)N3CC[NH+](Cc4cc(C)on4)CC3)CC2)cc1. The summed E-state index contributed by atoms with van der Waals surface area (Å²) in [6, 6.07) is 10.2. The van der Waals surface area contributed by atoms with Crippen molar-refractivity contribution in [3.63, 3.8) is 0 Å². The first-order valence-corrected chi connectivity index (χ1v) is 10.9. The quantitative estimate of drug-likeness (QED) is 0.609. The summed E-state index contributed by atoms with van der Waals surface area (Å²) in [6.07, 6.45) is 0. The topological polar surface area (TPSA) is 67.7 Å². The minimum Gasteiger partial charge on any atom is -0.497 e. The van der Waals surface area contributed by atoms with E-state index < -0.39 is 0 Å². The summed E-state index contributed by atoms with van der Waals surface area (Å²) >= 11 is 0. The molecule has 2 aliphatic heterocycles. The predicted molar refractivity (Wildman–Crippen MR) is 113 cm³/mol. The molecule has 0 atom stereocenters. The van der Waals surface area contributed by atoms with Gasteiger partial charge < -0.3 is 28.9 Å². The second kappa shape index (κ2) is 9.49. The number of nitrogens with zero attached hydrogens (tertiary/aromatic N) is 3. The average molecular weight is 416 g/mol. The summed E-state index contributed by atoms with van der Waals surface area (Å²) in [5, 5.41) is 4.09. The minimum atomic E-state index is 0.291. The first kappa shape index (κ1) is 20.7. The van der Waals surface area contributed by atoms with E-state index in [4.69, 9.17) is 9.26 Å². The molecule has 3 heterocycles. The van der Waals surface area contributed by atoms with E-state index >= 15 is 0 Å². The standard InChI is InChI=1S/C22H31N5O3/c1-18-15-19(23-30-18)16-24-9-13-27(14-10-24)22(28)17-25-7-11-26(12-8-25)20-3-5-21(29-2)6-4-20/h3-6,15H,7-14,16-17H2,1-2H3/p+2. The van der Waals surface area contributed by atoms with Crippen LogP contribution in [0.5, 0.6) is 5.75 Å². The zero-order valence-corrected chi connectivity index (χ0v) is 18.0. The molecule has 2 aliphatic rings. The third kappa shape index (κ3) is 5.12. The Hall–Kier alpha value is -2.58. The van der Waals surface area contributed by atoms with E-state index in [1.807, 2.05) is 30.0 Å². The van der Waals surface area contributed by atoms with E-state index in [1.165, 1.54) is 15.5 Å². The van der Waals surface area contributed by atoms with Crippen molar-refractivity contribution >= 4 is 11.6 Å². The van der Waals surface area contributed by atoms with Crippen molar-refractivity contribution in [1.29, 1.82) is 0 Å². The lowest BCUT2D eigenvalue weighted by molar-refractivity contribution is -0.918. The molecule has 4 rings (SSSR count). The van der Waals surface area contributed by atoms with Crippen LogP contribution in [-0.2, 0) is 11.3 Å². The van der Waals surface area contributed by atoms with Crippen LogP contribution in [0.15, 0.2) is 34.9 Å². The normalized spacial score (nSPS) is 18.6. The molecule has 0 radical (unpaired) electrons. The van der Waals surface area contributed by atoms with Gasteiger partial charge in [0.2, 0.25) is 0 Å². The largest absolute Gasteiger partial charge is 0.497 e. The van der Waals surface area contributed by atoms with Crippen LogP contribution in [0, 0.1) is 6.92 Å². The van der Waals surface area contributed by atoms with E-state index in [2.05, 4.69) is 22.2 Å². The van der Waals surface area contributed by atoms with Gasteiger partial charge in [-0.05, 0) is 31.2 Å². The molecule has 30 heavy (non-hydrogen) atoms. The molecule has 1 amide bonds. The molecule has 0 bridgehead atoms. The number of methoxy groups -OCH3 is 1. The molecular weight excluding hydrogens is 382 g/mol. The monoisotopic (exact) mass is 415 g/mol. The first-order valence-electron chi connectivity index (χ1n) is 10.9. The lowest BCUT2D eigenvalue weighted by Gasteiger charge is -2.35. The number of hydrogen-bond acceptors (Lipinski definition) is 5. The molecule has 2 fully saturated rings. The predicted octanol–water partition coefficient (Wildman–Crippen LogP) is -1.38. The Morgan fingerprint density at radius 3 is 2.33 bits per heavy atom. The van der Waals surface area contributed by atoms with Crippen molar-refractivity contribution in [2.24, 2.45) is 0 Å². The zero-order valence-electron chi connectivity index (χ0n) is 18.0. The number of anilines is 1. The van der Waals surface area contributed by atoms with E-state index in [-0.39, 0.29) is 0 Å². The molecule has 1 aromatic carbocycles. The van der Waals surface area contributed by atoms with E-state index in [0.29, 0.717) is 12.5 Å². The number of benzene rings is 1. The van der Waals surface area contributed by atoms with Crippen LogP contribution < -0.4 is 19.4 Å². The van der Waals surface area contributed by atoms with Gasteiger partial charge in [0.25, 0.3) is 5.91 Å². The van der Waals surface area contributed by atoms with Crippen LogP contribution in [0.2, 0.25) is 0 Å². The summed E-state index contributed by atoms with van der Waals surface area (Å²) in [7, 11) is 1.69. The second-order valence-electron chi connectivity index (χ2n) is 8.35. The first-order chi connectivity index (χ1) is 14.6. The molecule has 162 valence electrons. The second-order valence-corrected chi connectivity index (χ2v) is 8.35. The Bertz CT molecular complexity index is 822. The number of piperazine rings is 2. The lowest BCUT2D eigenvalue weighted by Crippen LogP contribution is -3.16. The maximum Gasteiger partial charge on any atom is 0.278 e. The van der Waals surface area contributed by atoms with Crippen molar-refractivity contribution in [2.45, 2.75) is 13.5 Å². The number of carbonyl (C=O) groups is 1. The van der Waals surface area contributed by atoms with Gasteiger partial charge >= 0.3 is 0 Å². The van der Waals surface area contributed by atoms with Gasteiger partial charge in [-0.2, -0.15) is 0 Å². The number of carbonyl (C=O) groups excluding carboxylic acids is 1. The van der Waals surface area contributed by atoms with Crippen molar-refractivity contribution in [1.82, 2.24) is 10.1 Å². The minimum absolute atomic E-state index is 0.291. The van der Waals surface area contributed by atoms with Gasteiger partial charge in [0.1, 0.15) is 23.7 Å². The van der Waals surface area contributed by atoms with Crippen molar-refractivity contribution < 1.29 is 23.9 Å². The van der Waals surface area contributed by atoms with Gasteiger partial charge in [0, 0.05) is 11.8 Å². The number of hydrogen-bond donors (Lipinski definition) is 2.